The Labute approximate surface area is 179 Å². The molecule has 3 N–H and O–H groups in total. The van der Waals surface area contributed by atoms with Crippen LogP contribution in [0.15, 0.2) is 35.2 Å². The third kappa shape index (κ3) is 4.39. The van der Waals surface area contributed by atoms with Crippen molar-refractivity contribution in [2.24, 2.45) is 5.14 Å². The molecule has 0 unspecified atom stereocenters. The number of hydrogen-bond donors (Lipinski definition) is 2. The van der Waals surface area contributed by atoms with Gasteiger partial charge in [0.2, 0.25) is 10.0 Å². The maximum absolute atomic E-state index is 14.6. The van der Waals surface area contributed by atoms with Crippen molar-refractivity contribution in [3.8, 4) is 5.75 Å². The second kappa shape index (κ2) is 8.04. The molecule has 5 nitrogen and oxygen atoms in total. The summed E-state index contributed by atoms with van der Waals surface area (Å²) in [6.07, 6.45) is 4.68. The van der Waals surface area contributed by atoms with Crippen molar-refractivity contribution in [2.75, 3.05) is 0 Å². The van der Waals surface area contributed by atoms with E-state index in [1.54, 1.807) is 12.1 Å². The molecule has 2 aliphatic carbocycles. The van der Waals surface area contributed by atoms with Crippen LogP contribution in [0.25, 0.3) is 0 Å². The Hall–Kier alpha value is -1.38. The summed E-state index contributed by atoms with van der Waals surface area (Å²) >= 11 is 12.6. The number of primary sulfonamides is 1. The molecule has 0 aromatic heterocycles. The summed E-state index contributed by atoms with van der Waals surface area (Å²) in [7, 11) is -4.00. The summed E-state index contributed by atoms with van der Waals surface area (Å²) in [6.45, 7) is 0. The van der Waals surface area contributed by atoms with Crippen LogP contribution in [0.2, 0.25) is 10.0 Å². The molecule has 2 aliphatic rings. The van der Waals surface area contributed by atoms with Gasteiger partial charge in [-0.05, 0) is 55.2 Å². The van der Waals surface area contributed by atoms with Crippen LogP contribution in [0.5, 0.6) is 5.75 Å². The van der Waals surface area contributed by atoms with Crippen molar-refractivity contribution in [3.05, 3.63) is 57.3 Å². The predicted molar refractivity (Wildman–Crippen MR) is 110 cm³/mol. The zero-order chi connectivity index (χ0) is 20.8. The summed E-state index contributed by atoms with van der Waals surface area (Å²) in [4.78, 5) is -0.305. The van der Waals surface area contributed by atoms with E-state index in [1.165, 1.54) is 25.0 Å². The molecule has 29 heavy (non-hydrogen) atoms. The Morgan fingerprint density at radius 1 is 1.14 bits per heavy atom. The van der Waals surface area contributed by atoms with Crippen LogP contribution < -0.4 is 15.2 Å². The Morgan fingerprint density at radius 2 is 1.86 bits per heavy atom. The van der Waals surface area contributed by atoms with E-state index in [-0.39, 0.29) is 16.7 Å². The molecule has 4 rings (SSSR count). The van der Waals surface area contributed by atoms with Crippen molar-refractivity contribution < 1.29 is 17.5 Å². The van der Waals surface area contributed by atoms with Gasteiger partial charge in [0.1, 0.15) is 6.10 Å². The fraction of sp³-hybridized carbons (Fsp3) is 0.400. The Morgan fingerprint density at radius 3 is 2.52 bits per heavy atom. The van der Waals surface area contributed by atoms with Gasteiger partial charge >= 0.3 is 0 Å². The zero-order valence-corrected chi connectivity index (χ0v) is 17.8. The molecular formula is C20H21Cl2FN2O3S. The molecule has 0 aliphatic heterocycles. The monoisotopic (exact) mass is 458 g/mol. The minimum atomic E-state index is -4.00. The second-order valence-corrected chi connectivity index (χ2v) is 9.99. The Bertz CT molecular complexity index is 1040. The zero-order valence-electron chi connectivity index (χ0n) is 15.5. The molecule has 0 amide bonds. The predicted octanol–water partition coefficient (Wildman–Crippen LogP) is 4.36. The minimum absolute atomic E-state index is 0.0513. The van der Waals surface area contributed by atoms with E-state index in [0.717, 1.165) is 30.0 Å². The molecule has 0 spiro atoms. The number of nitrogens with one attached hydrogen (secondary N) is 1. The SMILES string of the molecule is NS(=O)(=O)c1ccc(O[C@H]2c3cc(Cl)cc(Cl)c3C[C@H]2NC2CCCC2)c(F)c1. The van der Waals surface area contributed by atoms with Crippen LogP contribution in [0.3, 0.4) is 0 Å². The molecule has 1 saturated carbocycles. The third-order valence-corrected chi connectivity index (χ3v) is 7.05. The van der Waals surface area contributed by atoms with E-state index in [9.17, 15) is 12.8 Å². The smallest absolute Gasteiger partial charge is 0.238 e. The van der Waals surface area contributed by atoms with Crippen molar-refractivity contribution in [3.63, 3.8) is 0 Å². The van der Waals surface area contributed by atoms with Gasteiger partial charge in [-0.25, -0.2) is 17.9 Å². The van der Waals surface area contributed by atoms with Gasteiger partial charge in [0.05, 0.1) is 10.9 Å². The highest BCUT2D eigenvalue weighted by molar-refractivity contribution is 7.89. The summed E-state index contributed by atoms with van der Waals surface area (Å²) in [5.41, 5.74) is 1.74. The highest BCUT2D eigenvalue weighted by Gasteiger charge is 2.38. The molecule has 9 heteroatoms. The van der Waals surface area contributed by atoms with Gasteiger partial charge in [-0.2, -0.15) is 0 Å². The van der Waals surface area contributed by atoms with Crippen LogP contribution in [-0.4, -0.2) is 20.5 Å². The number of nitrogens with two attached hydrogens (primary N) is 1. The van der Waals surface area contributed by atoms with Gasteiger partial charge < -0.3 is 10.1 Å². The number of benzene rings is 2. The lowest BCUT2D eigenvalue weighted by Crippen LogP contribution is -2.41. The van der Waals surface area contributed by atoms with Gasteiger partial charge in [-0.15, -0.1) is 0 Å². The van der Waals surface area contributed by atoms with Crippen molar-refractivity contribution in [1.29, 1.82) is 0 Å². The first-order chi connectivity index (χ1) is 13.7. The van der Waals surface area contributed by atoms with Crippen molar-refractivity contribution in [1.82, 2.24) is 5.32 Å². The van der Waals surface area contributed by atoms with Crippen LogP contribution in [-0.2, 0) is 16.4 Å². The van der Waals surface area contributed by atoms with E-state index in [2.05, 4.69) is 5.32 Å². The van der Waals surface area contributed by atoms with E-state index in [0.29, 0.717) is 22.5 Å². The largest absolute Gasteiger partial charge is 0.481 e. The van der Waals surface area contributed by atoms with E-state index in [1.807, 2.05) is 0 Å². The number of sulfonamides is 1. The first-order valence-corrected chi connectivity index (χ1v) is 11.8. The van der Waals surface area contributed by atoms with Crippen molar-refractivity contribution >= 4 is 33.2 Å². The van der Waals surface area contributed by atoms with Crippen LogP contribution >= 0.6 is 23.2 Å². The molecule has 0 radical (unpaired) electrons. The normalized spacial score (nSPS) is 22.1. The number of ether oxygens (including phenoxy) is 1. The van der Waals surface area contributed by atoms with E-state index >= 15 is 0 Å². The number of halogens is 3. The molecular weight excluding hydrogens is 438 g/mol. The van der Waals surface area contributed by atoms with E-state index in [4.69, 9.17) is 33.1 Å². The molecule has 0 heterocycles. The second-order valence-electron chi connectivity index (χ2n) is 7.59. The highest BCUT2D eigenvalue weighted by Crippen LogP contribution is 2.41. The lowest BCUT2D eigenvalue weighted by atomic mass is 10.1. The van der Waals surface area contributed by atoms with Gasteiger partial charge in [-0.3, -0.25) is 0 Å². The van der Waals surface area contributed by atoms with Gasteiger partial charge in [-0.1, -0.05) is 36.0 Å². The molecule has 2 aromatic rings. The average Bonchev–Trinajstić information content (AvgIpc) is 3.25. The van der Waals surface area contributed by atoms with Crippen LogP contribution in [0, 0.1) is 5.82 Å². The number of fused-ring (bicyclic) bond motifs is 1. The summed E-state index contributed by atoms with van der Waals surface area (Å²) in [6, 6.07) is 7.15. The molecule has 1 fully saturated rings. The van der Waals surface area contributed by atoms with Gasteiger partial charge in [0, 0.05) is 21.7 Å². The molecule has 2 aromatic carbocycles. The fourth-order valence-electron chi connectivity index (χ4n) is 4.21. The summed E-state index contributed by atoms with van der Waals surface area (Å²) in [5.74, 6) is -0.845. The summed E-state index contributed by atoms with van der Waals surface area (Å²) in [5, 5.41) is 9.74. The first kappa shape index (κ1) is 20.9. The minimum Gasteiger partial charge on any atom is -0.481 e. The quantitative estimate of drug-likeness (QED) is 0.697. The number of rotatable bonds is 5. The lowest BCUT2D eigenvalue weighted by Gasteiger charge is -2.26. The number of hydrogen-bond acceptors (Lipinski definition) is 4. The van der Waals surface area contributed by atoms with E-state index < -0.39 is 21.9 Å². The summed E-state index contributed by atoms with van der Waals surface area (Å²) < 4.78 is 43.5. The Balaban J connectivity index is 1.67. The molecule has 2 atom stereocenters. The Kier molecular flexibility index (Phi) is 5.79. The average molecular weight is 459 g/mol. The van der Waals surface area contributed by atoms with Crippen LogP contribution in [0.4, 0.5) is 4.39 Å². The molecule has 0 bridgehead atoms. The molecule has 156 valence electrons. The topological polar surface area (TPSA) is 81.4 Å². The fourth-order valence-corrected chi connectivity index (χ4v) is 5.33. The maximum Gasteiger partial charge on any atom is 0.238 e. The highest BCUT2D eigenvalue weighted by atomic mass is 35.5. The molecule has 0 saturated heterocycles. The standard InChI is InChI=1S/C20H21Cl2FN2O3S/c21-11-7-15-14(16(22)8-11)10-18(25-12-3-1-2-4-12)20(15)28-19-6-5-13(9-17(19)23)29(24,26)27/h5-9,12,18,20,25H,1-4,10H2,(H2,24,26,27)/t18-,20+/m1/s1. The first-order valence-electron chi connectivity index (χ1n) is 9.45. The van der Waals surface area contributed by atoms with Gasteiger partial charge in [0.15, 0.2) is 11.6 Å². The maximum atomic E-state index is 14.6. The third-order valence-electron chi connectivity index (χ3n) is 5.58. The lowest BCUT2D eigenvalue weighted by molar-refractivity contribution is 0.153. The van der Waals surface area contributed by atoms with Crippen molar-refractivity contribution in [2.45, 2.75) is 55.2 Å². The van der Waals surface area contributed by atoms with Gasteiger partial charge in [0.25, 0.3) is 0 Å². The van der Waals surface area contributed by atoms with Crippen LogP contribution in [0.1, 0.15) is 42.9 Å².